The smallest absolute Gasteiger partial charge is 0.408 e. The predicted octanol–water partition coefficient (Wildman–Crippen LogP) is 5.02. The molecule has 2 saturated heterocycles. The maximum atomic E-state index is 14.4. The van der Waals surface area contributed by atoms with Crippen molar-refractivity contribution >= 4 is 22.9 Å². The van der Waals surface area contributed by atoms with Gasteiger partial charge in [0.05, 0.1) is 23.5 Å². The quantitative estimate of drug-likeness (QED) is 0.149. The molecule has 0 spiro atoms. The lowest BCUT2D eigenvalue weighted by Crippen LogP contribution is -2.62. The molecule has 2 aliphatic rings. The maximum Gasteiger partial charge on any atom is 0.408 e. The number of hydrazine groups is 1. The number of nitrogens with one attached hydrogen (secondary N) is 2. The van der Waals surface area contributed by atoms with E-state index in [1.165, 1.54) is 16.7 Å². The van der Waals surface area contributed by atoms with Crippen LogP contribution in [0.4, 0.5) is 18.0 Å². The number of fused-ring (bicyclic) bond motifs is 1. The van der Waals surface area contributed by atoms with Crippen molar-refractivity contribution in [2.75, 3.05) is 39.9 Å². The van der Waals surface area contributed by atoms with Crippen LogP contribution in [0.3, 0.4) is 0 Å². The summed E-state index contributed by atoms with van der Waals surface area (Å²) in [5, 5.41) is 34.6. The highest BCUT2D eigenvalue weighted by Gasteiger charge is 2.37. The largest absolute Gasteiger partial charge is 0.444 e. The summed E-state index contributed by atoms with van der Waals surface area (Å²) < 4.78 is 55.5. The van der Waals surface area contributed by atoms with E-state index >= 15 is 0 Å². The topological polar surface area (TPSA) is 162 Å². The minimum atomic E-state index is -4.53. The number of hydrogen-bond acceptors (Lipinski definition) is 10. The Hall–Kier alpha value is -3.80. The molecule has 4 heterocycles. The van der Waals surface area contributed by atoms with E-state index in [-0.39, 0.29) is 25.5 Å². The fraction of sp³-hybridized carbons (Fsp3) is 0.625. The summed E-state index contributed by atoms with van der Waals surface area (Å²) in [6.07, 6.45) is -3.91. The number of alkyl halides is 3. The lowest BCUT2D eigenvalue weighted by Gasteiger charge is -2.37. The van der Waals surface area contributed by atoms with Crippen molar-refractivity contribution in [3.8, 4) is 11.3 Å². The first-order chi connectivity index (χ1) is 26.2. The molecule has 2 amide bonds. The number of aliphatic hydroxyl groups is 3. The van der Waals surface area contributed by atoms with Crippen LogP contribution in [0.1, 0.15) is 89.6 Å². The molecule has 13 nitrogen and oxygen atoms in total. The Bertz CT molecular complexity index is 1840. The molecule has 3 aromatic rings. The van der Waals surface area contributed by atoms with Crippen molar-refractivity contribution in [2.45, 2.75) is 116 Å². The molecule has 0 radical (unpaired) electrons. The van der Waals surface area contributed by atoms with Crippen LogP contribution in [0.2, 0.25) is 0 Å². The molecular formula is C40H57F3N6O7. The van der Waals surface area contributed by atoms with Crippen LogP contribution < -0.4 is 10.7 Å². The van der Waals surface area contributed by atoms with Crippen LogP contribution in [0, 0.1) is 5.41 Å². The second-order valence-electron chi connectivity index (χ2n) is 16.8. The van der Waals surface area contributed by atoms with Crippen LogP contribution in [0.5, 0.6) is 0 Å². The number of likely N-dealkylation sites (tertiary alicyclic amines) is 1. The van der Waals surface area contributed by atoms with E-state index in [0.717, 1.165) is 5.56 Å². The zero-order chi connectivity index (χ0) is 41.2. The number of amides is 2. The SMILES string of the molecule is CO[C@@H](C)c1ncccc1-c1c(CC(C)(C)CO)c2cc(C3CCN(C[C@H](NC(=O)OC(C)(C)C)C(=O)N4CCC[C@@H](C(O)O)N4)C3)ccc2n1CC(F)(F)F. The van der Waals surface area contributed by atoms with Gasteiger partial charge in [-0.15, -0.1) is 0 Å². The Morgan fingerprint density at radius 3 is 2.46 bits per heavy atom. The van der Waals surface area contributed by atoms with E-state index in [1.54, 1.807) is 52.1 Å². The summed E-state index contributed by atoms with van der Waals surface area (Å²) >= 11 is 0. The number of nitrogens with zero attached hydrogens (tertiary/aromatic N) is 4. The Morgan fingerprint density at radius 1 is 1.09 bits per heavy atom. The van der Waals surface area contributed by atoms with Gasteiger partial charge in [0, 0.05) is 56.0 Å². The predicted molar refractivity (Wildman–Crippen MR) is 204 cm³/mol. The lowest BCUT2D eigenvalue weighted by atomic mass is 9.84. The number of aromatic nitrogens is 2. The number of pyridine rings is 1. The number of carbonyl (C=O) groups excluding carboxylic acids is 2. The molecule has 16 heteroatoms. The molecule has 2 aliphatic heterocycles. The van der Waals surface area contributed by atoms with E-state index in [4.69, 9.17) is 9.47 Å². The third-order valence-corrected chi connectivity index (χ3v) is 10.5. The average molecular weight is 791 g/mol. The minimum Gasteiger partial charge on any atom is -0.444 e. The van der Waals surface area contributed by atoms with Crippen LogP contribution in [0.25, 0.3) is 22.2 Å². The Morgan fingerprint density at radius 2 is 1.82 bits per heavy atom. The molecule has 56 heavy (non-hydrogen) atoms. The molecule has 2 aromatic heterocycles. The lowest BCUT2D eigenvalue weighted by molar-refractivity contribution is -0.146. The summed E-state index contributed by atoms with van der Waals surface area (Å²) in [6, 6.07) is 7.24. The number of alkyl carbamates (subject to hydrolysis) is 1. The van der Waals surface area contributed by atoms with Crippen molar-refractivity contribution in [3.63, 3.8) is 0 Å². The number of methoxy groups -OCH3 is 1. The van der Waals surface area contributed by atoms with Crippen molar-refractivity contribution in [1.29, 1.82) is 0 Å². The summed E-state index contributed by atoms with van der Waals surface area (Å²) in [5.74, 6) is -0.493. The number of aliphatic hydroxyl groups excluding tert-OH is 2. The normalized spacial score (nSPS) is 19.8. The van der Waals surface area contributed by atoms with Crippen LogP contribution >= 0.6 is 0 Å². The molecule has 5 N–H and O–H groups in total. The Labute approximate surface area is 326 Å². The molecule has 0 aliphatic carbocycles. The number of carbonyl (C=O) groups is 2. The van der Waals surface area contributed by atoms with E-state index < -0.39 is 60.2 Å². The van der Waals surface area contributed by atoms with Gasteiger partial charge >= 0.3 is 12.3 Å². The summed E-state index contributed by atoms with van der Waals surface area (Å²) in [7, 11) is 1.52. The van der Waals surface area contributed by atoms with Gasteiger partial charge in [0.1, 0.15) is 18.2 Å². The molecule has 1 aromatic carbocycles. The number of halogens is 3. The van der Waals surface area contributed by atoms with Gasteiger partial charge in [-0.25, -0.2) is 10.2 Å². The molecule has 0 bridgehead atoms. The molecular weight excluding hydrogens is 733 g/mol. The monoisotopic (exact) mass is 790 g/mol. The Balaban J connectivity index is 1.51. The highest BCUT2D eigenvalue weighted by Crippen LogP contribution is 2.43. The first-order valence-electron chi connectivity index (χ1n) is 19.2. The van der Waals surface area contributed by atoms with Gasteiger partial charge in [-0.2, -0.15) is 13.2 Å². The molecule has 310 valence electrons. The van der Waals surface area contributed by atoms with Gasteiger partial charge in [0.25, 0.3) is 5.91 Å². The van der Waals surface area contributed by atoms with Gasteiger partial charge in [0.15, 0.2) is 6.29 Å². The van der Waals surface area contributed by atoms with Crippen molar-refractivity contribution < 1.29 is 47.6 Å². The number of benzene rings is 1. The zero-order valence-corrected chi connectivity index (χ0v) is 33.3. The molecule has 5 rings (SSSR count). The third-order valence-electron chi connectivity index (χ3n) is 10.5. The van der Waals surface area contributed by atoms with Crippen LogP contribution in [-0.2, 0) is 27.2 Å². The highest BCUT2D eigenvalue weighted by atomic mass is 19.4. The van der Waals surface area contributed by atoms with Gasteiger partial charge < -0.3 is 39.6 Å². The number of ether oxygens (including phenoxy) is 2. The Kier molecular flexibility index (Phi) is 13.4. The summed E-state index contributed by atoms with van der Waals surface area (Å²) in [6.45, 7) is 10.8. The molecule has 1 unspecified atom stereocenters. The molecule has 0 saturated carbocycles. The summed E-state index contributed by atoms with van der Waals surface area (Å²) in [5.41, 5.74) is 4.80. The van der Waals surface area contributed by atoms with Crippen LogP contribution in [0.15, 0.2) is 36.5 Å². The fourth-order valence-electron chi connectivity index (χ4n) is 7.65. The summed E-state index contributed by atoms with van der Waals surface area (Å²) in [4.78, 5) is 33.4. The van der Waals surface area contributed by atoms with E-state index in [1.807, 2.05) is 26.0 Å². The first-order valence-corrected chi connectivity index (χ1v) is 19.2. The highest BCUT2D eigenvalue weighted by molar-refractivity contribution is 5.93. The minimum absolute atomic E-state index is 0.0470. The van der Waals surface area contributed by atoms with Crippen LogP contribution in [-0.4, -0.2) is 117 Å². The van der Waals surface area contributed by atoms with Gasteiger partial charge in [-0.3, -0.25) is 14.8 Å². The first kappa shape index (κ1) is 43.3. The number of hydrogen-bond donors (Lipinski definition) is 5. The van der Waals surface area contributed by atoms with E-state index in [2.05, 4.69) is 20.6 Å². The second kappa shape index (κ2) is 17.4. The van der Waals surface area contributed by atoms with Gasteiger partial charge in [0.2, 0.25) is 0 Å². The van der Waals surface area contributed by atoms with Gasteiger partial charge in [-0.1, -0.05) is 19.9 Å². The molecule has 2 fully saturated rings. The van der Waals surface area contributed by atoms with Crippen molar-refractivity contribution in [3.05, 3.63) is 53.3 Å². The second-order valence-corrected chi connectivity index (χ2v) is 16.8. The average Bonchev–Trinajstić information content (AvgIpc) is 3.71. The zero-order valence-electron chi connectivity index (χ0n) is 33.3. The van der Waals surface area contributed by atoms with Crippen molar-refractivity contribution in [2.24, 2.45) is 5.41 Å². The maximum absolute atomic E-state index is 14.4. The van der Waals surface area contributed by atoms with E-state index in [9.17, 15) is 38.1 Å². The van der Waals surface area contributed by atoms with Crippen molar-refractivity contribution in [1.82, 2.24) is 30.2 Å². The number of rotatable bonds is 13. The fourth-order valence-corrected chi connectivity index (χ4v) is 7.65. The molecule has 4 atom stereocenters. The van der Waals surface area contributed by atoms with E-state index in [0.29, 0.717) is 72.3 Å². The van der Waals surface area contributed by atoms with Gasteiger partial charge in [-0.05, 0) is 107 Å². The standard InChI is InChI=1S/C40H57F3N6O7/c1-24(55-7)33-27(10-8-15-44-33)34-29(19-39(5,6)23-50)28-18-25(12-13-32(28)48(34)22-40(41,42)43)26-14-17-47(20-26)21-31(45-37(54)56-38(2,3)4)35(51)49-16-9-11-30(46-49)36(52)53/h8,10,12-13,15,18,24,26,30-31,36,46,50,52-53H,9,11,14,16-17,19-23H2,1-7H3,(H,45,54)/t24-,26?,30-,31-/m0/s1. The third kappa shape index (κ3) is 10.6.